The molecule has 2 aromatic heterocycles. The first kappa shape index (κ1) is 27.3. The summed E-state index contributed by atoms with van der Waals surface area (Å²) in [5.74, 6) is 0.536. The number of benzene rings is 2. The van der Waals surface area contributed by atoms with E-state index in [9.17, 15) is 14.7 Å². The van der Waals surface area contributed by atoms with Crippen molar-refractivity contribution < 1.29 is 14.7 Å². The fraction of sp³-hybridized carbons (Fsp3) is 0.355. The first-order chi connectivity index (χ1) is 19.2. The average molecular weight is 541 g/mol. The van der Waals surface area contributed by atoms with Crippen LogP contribution in [0.5, 0.6) is 0 Å². The number of amides is 2. The number of anilines is 2. The Kier molecular flexibility index (Phi) is 7.58. The van der Waals surface area contributed by atoms with Gasteiger partial charge in [-0.25, -0.2) is 9.97 Å². The van der Waals surface area contributed by atoms with Gasteiger partial charge in [0.15, 0.2) is 0 Å². The topological polar surface area (TPSA) is 114 Å². The van der Waals surface area contributed by atoms with E-state index in [1.165, 1.54) is 13.3 Å². The number of aromatic amines is 1. The van der Waals surface area contributed by atoms with Gasteiger partial charge in [0.2, 0.25) is 5.91 Å². The van der Waals surface area contributed by atoms with Crippen molar-refractivity contribution in [2.75, 3.05) is 31.1 Å². The number of hydrogen-bond acceptors (Lipinski definition) is 6. The van der Waals surface area contributed by atoms with Crippen LogP contribution in [0.1, 0.15) is 49.5 Å². The van der Waals surface area contributed by atoms with Gasteiger partial charge in [-0.1, -0.05) is 36.4 Å². The quantitative estimate of drug-likeness (QED) is 0.309. The van der Waals surface area contributed by atoms with Crippen LogP contribution in [0, 0.1) is 0 Å². The molecule has 0 radical (unpaired) electrons. The highest BCUT2D eigenvalue weighted by Gasteiger charge is 2.47. The molecule has 208 valence electrons. The standard InChI is InChI=1S/C31H36N6O3/c1-22(38)32-16-19-37(28-26-12-15-33-27(26)34-21-35-28)25-11-7-8-23(20-25)29(39)36-17-13-31(14-18-36,30(2,3)40)24-9-5-4-6-10-24/h4-12,15,20-21,40H,13-14,16-19H2,1-3H3,(H,32,38)(H,33,34,35). The van der Waals surface area contributed by atoms with E-state index in [0.717, 1.165) is 16.6 Å². The van der Waals surface area contributed by atoms with Gasteiger partial charge in [0.1, 0.15) is 17.8 Å². The normalized spacial score (nSPS) is 15.2. The Morgan fingerprint density at radius 3 is 2.52 bits per heavy atom. The molecule has 0 aliphatic carbocycles. The number of nitrogens with one attached hydrogen (secondary N) is 2. The lowest BCUT2D eigenvalue weighted by Gasteiger charge is -2.49. The third-order valence-corrected chi connectivity index (χ3v) is 8.10. The van der Waals surface area contributed by atoms with Crippen LogP contribution in [-0.4, -0.2) is 68.6 Å². The minimum absolute atomic E-state index is 0.0458. The number of H-pyrrole nitrogens is 1. The Labute approximate surface area is 234 Å². The molecule has 0 unspecified atom stereocenters. The maximum absolute atomic E-state index is 13.7. The fourth-order valence-electron chi connectivity index (χ4n) is 5.87. The van der Waals surface area contributed by atoms with E-state index in [4.69, 9.17) is 0 Å². The van der Waals surface area contributed by atoms with Gasteiger partial charge in [0.25, 0.3) is 5.91 Å². The lowest BCUT2D eigenvalue weighted by atomic mass is 9.63. The van der Waals surface area contributed by atoms with Gasteiger partial charge in [-0.3, -0.25) is 9.59 Å². The SMILES string of the molecule is CC(=O)NCCN(c1cccc(C(=O)N2CCC(c3ccccc3)(C(C)(C)O)CC2)c1)c1ncnc2[nH]ccc12. The van der Waals surface area contributed by atoms with Crippen molar-refractivity contribution >= 4 is 34.4 Å². The molecule has 9 nitrogen and oxygen atoms in total. The summed E-state index contributed by atoms with van der Waals surface area (Å²) >= 11 is 0. The summed E-state index contributed by atoms with van der Waals surface area (Å²) in [5, 5.41) is 14.9. The molecule has 1 fully saturated rings. The van der Waals surface area contributed by atoms with E-state index in [1.54, 1.807) is 0 Å². The summed E-state index contributed by atoms with van der Waals surface area (Å²) in [7, 11) is 0. The van der Waals surface area contributed by atoms with Gasteiger partial charge in [-0.2, -0.15) is 0 Å². The molecule has 3 heterocycles. The summed E-state index contributed by atoms with van der Waals surface area (Å²) in [6.07, 6.45) is 4.65. The van der Waals surface area contributed by atoms with Gasteiger partial charge in [-0.15, -0.1) is 0 Å². The Morgan fingerprint density at radius 1 is 1.07 bits per heavy atom. The van der Waals surface area contributed by atoms with E-state index in [0.29, 0.717) is 56.0 Å². The number of nitrogens with zero attached hydrogens (tertiary/aromatic N) is 4. The van der Waals surface area contributed by atoms with Crippen LogP contribution in [0.4, 0.5) is 11.5 Å². The molecule has 1 saturated heterocycles. The minimum Gasteiger partial charge on any atom is -0.390 e. The number of rotatable bonds is 8. The van der Waals surface area contributed by atoms with E-state index in [-0.39, 0.29) is 11.8 Å². The summed E-state index contributed by atoms with van der Waals surface area (Å²) in [6, 6.07) is 19.6. The summed E-state index contributed by atoms with van der Waals surface area (Å²) in [5.41, 5.74) is 1.83. The lowest BCUT2D eigenvalue weighted by molar-refractivity contribution is -0.118. The molecule has 0 bridgehead atoms. The zero-order valence-corrected chi connectivity index (χ0v) is 23.2. The van der Waals surface area contributed by atoms with Crippen LogP contribution in [-0.2, 0) is 10.2 Å². The molecule has 0 spiro atoms. The van der Waals surface area contributed by atoms with Crippen molar-refractivity contribution in [3.63, 3.8) is 0 Å². The molecule has 4 aromatic rings. The molecule has 5 rings (SSSR count). The second-order valence-electron chi connectivity index (χ2n) is 10.9. The Bertz CT molecular complexity index is 1490. The van der Waals surface area contributed by atoms with Crippen molar-refractivity contribution in [2.24, 2.45) is 0 Å². The highest BCUT2D eigenvalue weighted by Crippen LogP contribution is 2.44. The van der Waals surface area contributed by atoms with Crippen LogP contribution in [0.2, 0.25) is 0 Å². The number of hydrogen-bond donors (Lipinski definition) is 3. The highest BCUT2D eigenvalue weighted by atomic mass is 16.3. The minimum atomic E-state index is -0.932. The van der Waals surface area contributed by atoms with Crippen molar-refractivity contribution in [3.8, 4) is 0 Å². The van der Waals surface area contributed by atoms with Gasteiger partial charge < -0.3 is 25.2 Å². The summed E-state index contributed by atoms with van der Waals surface area (Å²) in [4.78, 5) is 41.1. The Balaban J connectivity index is 1.40. The second-order valence-corrected chi connectivity index (χ2v) is 10.9. The molecule has 1 aliphatic heterocycles. The van der Waals surface area contributed by atoms with Crippen molar-refractivity contribution in [3.05, 3.63) is 84.3 Å². The maximum atomic E-state index is 13.7. The Hall–Kier alpha value is -4.24. The zero-order valence-electron chi connectivity index (χ0n) is 23.2. The first-order valence-corrected chi connectivity index (χ1v) is 13.7. The van der Waals surface area contributed by atoms with Crippen molar-refractivity contribution in [2.45, 2.75) is 44.6 Å². The molecule has 0 saturated carbocycles. The van der Waals surface area contributed by atoms with E-state index >= 15 is 0 Å². The molecule has 2 amide bonds. The van der Waals surface area contributed by atoms with Gasteiger partial charge in [0.05, 0.1) is 11.0 Å². The van der Waals surface area contributed by atoms with Crippen LogP contribution < -0.4 is 10.2 Å². The van der Waals surface area contributed by atoms with Gasteiger partial charge in [-0.05, 0) is 56.5 Å². The van der Waals surface area contributed by atoms with E-state index < -0.39 is 11.0 Å². The first-order valence-electron chi connectivity index (χ1n) is 13.7. The predicted molar refractivity (Wildman–Crippen MR) is 156 cm³/mol. The van der Waals surface area contributed by atoms with E-state index in [2.05, 4.69) is 32.4 Å². The zero-order chi connectivity index (χ0) is 28.3. The number of carbonyl (C=O) groups excluding carboxylic acids is 2. The average Bonchev–Trinajstić information content (AvgIpc) is 3.44. The monoisotopic (exact) mass is 540 g/mol. The molecule has 3 N–H and O–H groups in total. The number of carbonyl (C=O) groups is 2. The third kappa shape index (κ3) is 5.29. The van der Waals surface area contributed by atoms with Gasteiger partial charge >= 0.3 is 0 Å². The maximum Gasteiger partial charge on any atom is 0.253 e. The predicted octanol–water partition coefficient (Wildman–Crippen LogP) is 4.18. The number of aliphatic hydroxyl groups is 1. The third-order valence-electron chi connectivity index (χ3n) is 8.10. The molecule has 1 aliphatic rings. The smallest absolute Gasteiger partial charge is 0.253 e. The van der Waals surface area contributed by atoms with Crippen LogP contribution in [0.25, 0.3) is 11.0 Å². The summed E-state index contributed by atoms with van der Waals surface area (Å²) in [6.45, 7) is 7.18. The molecular formula is C31H36N6O3. The molecule has 9 heteroatoms. The highest BCUT2D eigenvalue weighted by molar-refractivity contribution is 5.96. The van der Waals surface area contributed by atoms with Crippen LogP contribution >= 0.6 is 0 Å². The molecule has 40 heavy (non-hydrogen) atoms. The van der Waals surface area contributed by atoms with Crippen LogP contribution in [0.15, 0.2) is 73.2 Å². The van der Waals surface area contributed by atoms with Gasteiger partial charge in [0, 0.05) is 56.0 Å². The van der Waals surface area contributed by atoms with Crippen LogP contribution in [0.3, 0.4) is 0 Å². The second kappa shape index (κ2) is 11.1. The largest absolute Gasteiger partial charge is 0.390 e. The molecule has 0 atom stereocenters. The number of likely N-dealkylation sites (tertiary alicyclic amines) is 1. The number of piperidine rings is 1. The number of fused-ring (bicyclic) bond motifs is 1. The lowest BCUT2D eigenvalue weighted by Crippen LogP contribution is -2.55. The fourth-order valence-corrected chi connectivity index (χ4v) is 5.87. The summed E-state index contributed by atoms with van der Waals surface area (Å²) < 4.78 is 0. The van der Waals surface area contributed by atoms with Crippen molar-refractivity contribution in [1.82, 2.24) is 25.2 Å². The van der Waals surface area contributed by atoms with Crippen molar-refractivity contribution in [1.29, 1.82) is 0 Å². The Morgan fingerprint density at radius 2 is 1.82 bits per heavy atom. The molecule has 2 aromatic carbocycles. The number of aromatic nitrogens is 3. The molecular weight excluding hydrogens is 504 g/mol. The van der Waals surface area contributed by atoms with E-state index in [1.807, 2.05) is 78.4 Å².